The number of fused-ring (bicyclic) bond motifs is 3. The molecule has 5 heteroatoms. The summed E-state index contributed by atoms with van der Waals surface area (Å²) < 4.78 is 18.2. The van der Waals surface area contributed by atoms with Crippen molar-refractivity contribution in [3.05, 3.63) is 42.0 Å². The van der Waals surface area contributed by atoms with E-state index in [4.69, 9.17) is 13.9 Å². The summed E-state index contributed by atoms with van der Waals surface area (Å²) in [6.45, 7) is 6.81. The Hall–Kier alpha value is -2.66. The second-order valence-electron chi connectivity index (χ2n) is 9.54. The zero-order valence-electron chi connectivity index (χ0n) is 17.9. The van der Waals surface area contributed by atoms with Crippen molar-refractivity contribution >= 4 is 11.0 Å². The lowest BCUT2D eigenvalue weighted by Gasteiger charge is -2.40. The Kier molecular flexibility index (Phi) is 4.13. The first-order chi connectivity index (χ1) is 14.2. The van der Waals surface area contributed by atoms with Crippen LogP contribution in [-0.4, -0.2) is 29.0 Å². The zero-order valence-corrected chi connectivity index (χ0v) is 17.9. The van der Waals surface area contributed by atoms with Crippen LogP contribution in [-0.2, 0) is 11.2 Å². The molecule has 2 N–H and O–H groups in total. The molecular formula is C25H28O5. The highest BCUT2D eigenvalue weighted by Crippen LogP contribution is 2.59. The van der Waals surface area contributed by atoms with E-state index in [2.05, 4.69) is 20.8 Å². The van der Waals surface area contributed by atoms with Gasteiger partial charge in [-0.3, -0.25) is 0 Å². The molecular weight excluding hydrogens is 380 g/mol. The van der Waals surface area contributed by atoms with E-state index in [1.165, 1.54) is 0 Å². The fraction of sp³-hybridized carbons (Fsp3) is 0.440. The highest BCUT2D eigenvalue weighted by molar-refractivity contribution is 5.85. The van der Waals surface area contributed by atoms with E-state index in [0.717, 1.165) is 35.8 Å². The summed E-state index contributed by atoms with van der Waals surface area (Å²) >= 11 is 0. The van der Waals surface area contributed by atoms with E-state index in [1.807, 2.05) is 12.1 Å². The van der Waals surface area contributed by atoms with Gasteiger partial charge in [-0.2, -0.15) is 0 Å². The molecule has 5 rings (SSSR count). The molecule has 5 nitrogen and oxygen atoms in total. The van der Waals surface area contributed by atoms with Crippen LogP contribution in [0.1, 0.15) is 39.2 Å². The summed E-state index contributed by atoms with van der Waals surface area (Å²) in [5.41, 5.74) is 2.31. The molecule has 1 aromatic heterocycles. The smallest absolute Gasteiger partial charge is 0.138 e. The summed E-state index contributed by atoms with van der Waals surface area (Å²) in [4.78, 5) is 0. The van der Waals surface area contributed by atoms with Gasteiger partial charge in [0.2, 0.25) is 0 Å². The predicted molar refractivity (Wildman–Crippen MR) is 115 cm³/mol. The van der Waals surface area contributed by atoms with Crippen molar-refractivity contribution < 1.29 is 24.1 Å². The van der Waals surface area contributed by atoms with E-state index in [-0.39, 0.29) is 28.6 Å². The molecule has 0 radical (unpaired) electrons. The van der Waals surface area contributed by atoms with Gasteiger partial charge in [0.15, 0.2) is 0 Å². The van der Waals surface area contributed by atoms with Crippen LogP contribution in [0.15, 0.2) is 40.8 Å². The molecule has 0 amide bonds. The Morgan fingerprint density at radius 1 is 1.07 bits per heavy atom. The summed E-state index contributed by atoms with van der Waals surface area (Å²) in [6.07, 6.45) is 3.20. The van der Waals surface area contributed by atoms with Gasteiger partial charge < -0.3 is 24.1 Å². The third kappa shape index (κ3) is 2.79. The molecule has 2 bridgehead atoms. The number of ether oxygens (including phenoxy) is 2. The molecule has 3 aromatic rings. The molecule has 0 saturated carbocycles. The first kappa shape index (κ1) is 19.3. The number of methoxy groups -OCH3 is 1. The summed E-state index contributed by atoms with van der Waals surface area (Å²) in [5.74, 6) is 1.89. The van der Waals surface area contributed by atoms with Crippen LogP contribution in [0.3, 0.4) is 0 Å². The van der Waals surface area contributed by atoms with E-state index in [9.17, 15) is 10.2 Å². The van der Waals surface area contributed by atoms with Crippen LogP contribution in [0.25, 0.3) is 22.3 Å². The lowest BCUT2D eigenvalue weighted by Crippen LogP contribution is -2.41. The van der Waals surface area contributed by atoms with Crippen LogP contribution in [0.5, 0.6) is 17.2 Å². The van der Waals surface area contributed by atoms with Gasteiger partial charge >= 0.3 is 0 Å². The van der Waals surface area contributed by atoms with Gasteiger partial charge in [0.1, 0.15) is 28.6 Å². The molecule has 0 spiro atoms. The topological polar surface area (TPSA) is 72.1 Å². The fourth-order valence-corrected chi connectivity index (χ4v) is 5.73. The van der Waals surface area contributed by atoms with E-state index in [0.29, 0.717) is 23.0 Å². The third-order valence-electron chi connectivity index (χ3n) is 7.37. The maximum Gasteiger partial charge on any atom is 0.138 e. The van der Waals surface area contributed by atoms with E-state index < -0.39 is 0 Å². The highest BCUT2D eigenvalue weighted by atomic mass is 16.5. The maximum atomic E-state index is 10.4. The molecule has 2 aliphatic heterocycles. The molecule has 2 aromatic carbocycles. The van der Waals surface area contributed by atoms with Gasteiger partial charge in [0, 0.05) is 28.6 Å². The third-order valence-corrected chi connectivity index (χ3v) is 7.37. The summed E-state index contributed by atoms with van der Waals surface area (Å²) in [6, 6.07) is 10.4. The van der Waals surface area contributed by atoms with Crippen molar-refractivity contribution in [2.24, 2.45) is 11.3 Å². The Morgan fingerprint density at radius 2 is 1.87 bits per heavy atom. The molecule has 158 valence electrons. The highest BCUT2D eigenvalue weighted by Gasteiger charge is 2.60. The van der Waals surface area contributed by atoms with Crippen LogP contribution >= 0.6 is 0 Å². The molecule has 3 heterocycles. The number of phenols is 2. The second-order valence-corrected chi connectivity index (χ2v) is 9.54. The van der Waals surface area contributed by atoms with Crippen molar-refractivity contribution in [3.63, 3.8) is 0 Å². The van der Waals surface area contributed by atoms with Crippen LogP contribution in [0, 0.1) is 11.3 Å². The largest absolute Gasteiger partial charge is 0.508 e. The number of hydrogen-bond acceptors (Lipinski definition) is 5. The lowest BCUT2D eigenvalue weighted by atomic mass is 9.62. The van der Waals surface area contributed by atoms with Gasteiger partial charge in [0.05, 0.1) is 18.8 Å². The van der Waals surface area contributed by atoms with Crippen LogP contribution in [0.2, 0.25) is 0 Å². The van der Waals surface area contributed by atoms with E-state index in [1.54, 1.807) is 31.4 Å². The SMILES string of the molecule is COc1cc(O)cc(-c2cc3ccc(O)cc3o2)c1C[C@H]1C(C)(C)[C@H]2CC[C@]1(C)O2. The second kappa shape index (κ2) is 6.42. The van der Waals surface area contributed by atoms with Gasteiger partial charge in [-0.25, -0.2) is 0 Å². The molecule has 3 atom stereocenters. The van der Waals surface area contributed by atoms with E-state index >= 15 is 0 Å². The molecule has 2 aliphatic rings. The van der Waals surface area contributed by atoms with Crippen LogP contribution in [0.4, 0.5) is 0 Å². The molecule has 2 saturated heterocycles. The standard InChI is InChI=1S/C25H28O5/c1-24(2)22(25(3)8-7-23(24)30-25)13-18-17(10-16(27)12-20(18)28-4)21-9-14-5-6-15(26)11-19(14)29-21/h5-6,9-12,22-23,26-27H,7-8,13H2,1-4H3/t22-,23+,25-/m0/s1. The Balaban J connectivity index is 1.64. The quantitative estimate of drug-likeness (QED) is 0.583. The van der Waals surface area contributed by atoms with Gasteiger partial charge in [-0.15, -0.1) is 0 Å². The molecule has 0 unspecified atom stereocenters. The number of furan rings is 1. The number of benzene rings is 2. The average Bonchev–Trinajstić information content (AvgIpc) is 3.34. The minimum atomic E-state index is -0.159. The normalized spacial score (nSPS) is 27.1. The van der Waals surface area contributed by atoms with Crippen molar-refractivity contribution in [1.82, 2.24) is 0 Å². The maximum absolute atomic E-state index is 10.4. The molecule has 2 fully saturated rings. The number of aromatic hydroxyl groups is 2. The van der Waals surface area contributed by atoms with Gasteiger partial charge in [0.25, 0.3) is 0 Å². The number of hydrogen-bond donors (Lipinski definition) is 2. The molecule has 30 heavy (non-hydrogen) atoms. The number of phenolic OH excluding ortho intramolecular Hbond substituents is 2. The lowest BCUT2D eigenvalue weighted by molar-refractivity contribution is 0.00596. The zero-order chi connectivity index (χ0) is 21.3. The minimum Gasteiger partial charge on any atom is -0.508 e. The molecule has 0 aliphatic carbocycles. The van der Waals surface area contributed by atoms with Gasteiger partial charge in [-0.1, -0.05) is 13.8 Å². The van der Waals surface area contributed by atoms with Gasteiger partial charge in [-0.05, 0) is 61.8 Å². The number of rotatable bonds is 4. The van der Waals surface area contributed by atoms with Crippen molar-refractivity contribution in [2.75, 3.05) is 7.11 Å². The Bertz CT molecular complexity index is 1120. The van der Waals surface area contributed by atoms with Crippen molar-refractivity contribution in [3.8, 4) is 28.6 Å². The monoisotopic (exact) mass is 408 g/mol. The van der Waals surface area contributed by atoms with Crippen molar-refractivity contribution in [2.45, 2.75) is 51.7 Å². The summed E-state index contributed by atoms with van der Waals surface area (Å²) in [5, 5.41) is 21.1. The van der Waals surface area contributed by atoms with Crippen LogP contribution < -0.4 is 4.74 Å². The predicted octanol–water partition coefficient (Wildman–Crippen LogP) is 5.66. The average molecular weight is 408 g/mol. The first-order valence-electron chi connectivity index (χ1n) is 10.5. The fourth-order valence-electron chi connectivity index (χ4n) is 5.73. The minimum absolute atomic E-state index is 0.0484. The van der Waals surface area contributed by atoms with Crippen molar-refractivity contribution in [1.29, 1.82) is 0 Å². The Labute approximate surface area is 176 Å². The summed E-state index contributed by atoms with van der Waals surface area (Å²) in [7, 11) is 1.63. The Morgan fingerprint density at radius 3 is 2.57 bits per heavy atom. The first-order valence-corrected chi connectivity index (χ1v) is 10.5.